The predicted molar refractivity (Wildman–Crippen MR) is 113 cm³/mol. The van der Waals surface area contributed by atoms with Crippen molar-refractivity contribution in [2.75, 3.05) is 16.2 Å². The Bertz CT molecular complexity index is 791. The van der Waals surface area contributed by atoms with Crippen molar-refractivity contribution in [3.8, 4) is 0 Å². The van der Waals surface area contributed by atoms with Gasteiger partial charge in [0.2, 0.25) is 0 Å². The number of benzene rings is 2. The standard InChI is InChI=1S/C18H21BrINO2S/c1-14-5-9-17(10-6-14)24(22,23)21(12-4-3-11-19)16-8-7-15(2)18(20)13-16/h5-10,13H,3-4,11-12H2,1-2H3. The highest BCUT2D eigenvalue weighted by molar-refractivity contribution is 14.1. The van der Waals surface area contributed by atoms with Crippen LogP contribution in [0.5, 0.6) is 0 Å². The van der Waals surface area contributed by atoms with Crippen LogP contribution in [0.2, 0.25) is 0 Å². The second kappa shape index (κ2) is 8.67. The highest BCUT2D eigenvalue weighted by Crippen LogP contribution is 2.27. The van der Waals surface area contributed by atoms with Crippen LogP contribution in [0, 0.1) is 17.4 Å². The molecule has 0 heterocycles. The van der Waals surface area contributed by atoms with Gasteiger partial charge in [-0.3, -0.25) is 4.31 Å². The van der Waals surface area contributed by atoms with Crippen molar-refractivity contribution < 1.29 is 8.42 Å². The summed E-state index contributed by atoms with van der Waals surface area (Å²) in [6, 6.07) is 12.8. The summed E-state index contributed by atoms with van der Waals surface area (Å²) < 4.78 is 28.9. The molecule has 0 unspecified atom stereocenters. The van der Waals surface area contributed by atoms with Gasteiger partial charge in [-0.05, 0) is 79.1 Å². The van der Waals surface area contributed by atoms with E-state index >= 15 is 0 Å². The Morgan fingerprint density at radius 2 is 1.71 bits per heavy atom. The molecule has 6 heteroatoms. The summed E-state index contributed by atoms with van der Waals surface area (Å²) in [4.78, 5) is 0.336. The van der Waals surface area contributed by atoms with Crippen LogP contribution in [0.25, 0.3) is 0 Å². The lowest BCUT2D eigenvalue weighted by Gasteiger charge is -2.25. The summed E-state index contributed by atoms with van der Waals surface area (Å²) in [5, 5.41) is 0.872. The molecule has 0 amide bonds. The number of anilines is 1. The molecule has 0 atom stereocenters. The van der Waals surface area contributed by atoms with E-state index < -0.39 is 10.0 Å². The third-order valence-corrected chi connectivity index (χ3v) is 7.36. The fourth-order valence-corrected chi connectivity index (χ4v) is 4.70. The second-order valence-corrected chi connectivity index (χ2v) is 9.54. The number of rotatable bonds is 7. The van der Waals surface area contributed by atoms with Crippen LogP contribution in [-0.2, 0) is 10.0 Å². The third kappa shape index (κ3) is 4.73. The topological polar surface area (TPSA) is 37.4 Å². The van der Waals surface area contributed by atoms with Crippen molar-refractivity contribution in [3.63, 3.8) is 0 Å². The number of nitrogens with zero attached hydrogens (tertiary/aromatic N) is 1. The zero-order chi connectivity index (χ0) is 17.7. The number of hydrogen-bond donors (Lipinski definition) is 0. The van der Waals surface area contributed by atoms with E-state index in [9.17, 15) is 8.42 Å². The summed E-state index contributed by atoms with van der Waals surface area (Å²) >= 11 is 5.66. The number of aryl methyl sites for hydroxylation is 2. The summed E-state index contributed by atoms with van der Waals surface area (Å²) in [6.45, 7) is 4.45. The molecule has 0 aromatic heterocycles. The van der Waals surface area contributed by atoms with E-state index in [4.69, 9.17) is 0 Å². The zero-order valence-electron chi connectivity index (χ0n) is 13.8. The molecular formula is C18H21BrINO2S. The van der Waals surface area contributed by atoms with Crippen molar-refractivity contribution in [3.05, 3.63) is 57.2 Å². The Labute approximate surface area is 166 Å². The molecular weight excluding hydrogens is 501 g/mol. The number of sulfonamides is 1. The molecule has 2 aromatic carbocycles. The smallest absolute Gasteiger partial charge is 0.264 e. The molecule has 2 rings (SSSR count). The summed E-state index contributed by atoms with van der Waals surface area (Å²) in [5.41, 5.74) is 2.91. The van der Waals surface area contributed by atoms with Gasteiger partial charge in [-0.1, -0.05) is 39.7 Å². The molecule has 0 spiro atoms. The van der Waals surface area contributed by atoms with Crippen LogP contribution in [0.1, 0.15) is 24.0 Å². The normalized spacial score (nSPS) is 11.5. The Balaban J connectivity index is 2.44. The van der Waals surface area contributed by atoms with Gasteiger partial charge < -0.3 is 0 Å². The lowest BCUT2D eigenvalue weighted by molar-refractivity contribution is 0.589. The lowest BCUT2D eigenvalue weighted by Crippen LogP contribution is -2.32. The largest absolute Gasteiger partial charge is 0.266 e. The van der Waals surface area contributed by atoms with Gasteiger partial charge in [0.15, 0.2) is 0 Å². The number of halogens is 2. The number of alkyl halides is 1. The maximum absolute atomic E-state index is 13.1. The fraction of sp³-hybridized carbons (Fsp3) is 0.333. The van der Waals surface area contributed by atoms with Crippen LogP contribution in [0.4, 0.5) is 5.69 Å². The van der Waals surface area contributed by atoms with Crippen LogP contribution >= 0.6 is 38.5 Å². The number of hydrogen-bond acceptors (Lipinski definition) is 2. The average Bonchev–Trinajstić information content (AvgIpc) is 2.55. The van der Waals surface area contributed by atoms with Crippen molar-refractivity contribution in [2.45, 2.75) is 31.6 Å². The molecule has 0 N–H and O–H groups in total. The summed E-state index contributed by atoms with van der Waals surface area (Å²) in [5.74, 6) is 0. The van der Waals surface area contributed by atoms with E-state index in [1.165, 1.54) is 4.31 Å². The minimum atomic E-state index is -3.57. The molecule has 24 heavy (non-hydrogen) atoms. The van der Waals surface area contributed by atoms with Gasteiger partial charge >= 0.3 is 0 Å². The molecule has 0 radical (unpaired) electrons. The molecule has 0 aliphatic heterocycles. The molecule has 0 aliphatic rings. The minimum Gasteiger partial charge on any atom is -0.266 e. The van der Waals surface area contributed by atoms with E-state index in [0.29, 0.717) is 11.4 Å². The molecule has 130 valence electrons. The molecule has 0 saturated heterocycles. The Hall–Kier alpha value is -0.600. The van der Waals surface area contributed by atoms with Crippen molar-refractivity contribution in [2.24, 2.45) is 0 Å². The lowest BCUT2D eigenvalue weighted by atomic mass is 10.2. The highest BCUT2D eigenvalue weighted by atomic mass is 127. The van der Waals surface area contributed by atoms with E-state index in [2.05, 4.69) is 38.5 Å². The van der Waals surface area contributed by atoms with E-state index in [1.807, 2.05) is 44.2 Å². The quantitative estimate of drug-likeness (QED) is 0.282. The van der Waals surface area contributed by atoms with Gasteiger partial charge in [-0.2, -0.15) is 0 Å². The Morgan fingerprint density at radius 3 is 2.29 bits per heavy atom. The van der Waals surface area contributed by atoms with Crippen molar-refractivity contribution >= 4 is 54.2 Å². The summed E-state index contributed by atoms with van der Waals surface area (Å²) in [7, 11) is -3.57. The van der Waals surface area contributed by atoms with Crippen LogP contribution in [0.15, 0.2) is 47.4 Å². The predicted octanol–water partition coefficient (Wildman–Crippen LogP) is 5.28. The third-order valence-electron chi connectivity index (χ3n) is 3.80. The second-order valence-electron chi connectivity index (χ2n) is 5.72. The molecule has 0 fully saturated rings. The highest BCUT2D eigenvalue weighted by Gasteiger charge is 2.24. The molecule has 2 aromatic rings. The first kappa shape index (κ1) is 19.7. The van der Waals surface area contributed by atoms with E-state index in [0.717, 1.165) is 38.6 Å². The van der Waals surface area contributed by atoms with Gasteiger partial charge in [0.1, 0.15) is 0 Å². The maximum Gasteiger partial charge on any atom is 0.264 e. The first-order valence-corrected chi connectivity index (χ1v) is 11.4. The van der Waals surface area contributed by atoms with Crippen LogP contribution in [-0.4, -0.2) is 20.3 Å². The first-order valence-electron chi connectivity index (χ1n) is 7.78. The molecule has 0 aliphatic carbocycles. The van der Waals surface area contributed by atoms with Crippen LogP contribution in [0.3, 0.4) is 0 Å². The van der Waals surface area contributed by atoms with Crippen molar-refractivity contribution in [1.82, 2.24) is 0 Å². The van der Waals surface area contributed by atoms with Gasteiger partial charge in [0, 0.05) is 15.4 Å². The van der Waals surface area contributed by atoms with E-state index in [1.54, 1.807) is 12.1 Å². The molecule has 0 bridgehead atoms. The van der Waals surface area contributed by atoms with Gasteiger partial charge in [-0.25, -0.2) is 8.42 Å². The Morgan fingerprint density at radius 1 is 1.04 bits per heavy atom. The Kier molecular flexibility index (Phi) is 7.12. The summed E-state index contributed by atoms with van der Waals surface area (Å²) in [6.07, 6.45) is 1.74. The zero-order valence-corrected chi connectivity index (χ0v) is 18.4. The monoisotopic (exact) mass is 521 g/mol. The average molecular weight is 522 g/mol. The maximum atomic E-state index is 13.1. The fourth-order valence-electron chi connectivity index (χ4n) is 2.31. The first-order chi connectivity index (χ1) is 11.4. The van der Waals surface area contributed by atoms with E-state index in [-0.39, 0.29) is 0 Å². The van der Waals surface area contributed by atoms with Crippen LogP contribution < -0.4 is 4.31 Å². The SMILES string of the molecule is Cc1ccc(S(=O)(=O)N(CCCCBr)c2ccc(C)c(I)c2)cc1. The van der Waals surface area contributed by atoms with Gasteiger partial charge in [0.05, 0.1) is 10.6 Å². The molecule has 0 saturated carbocycles. The molecule has 3 nitrogen and oxygen atoms in total. The van der Waals surface area contributed by atoms with Gasteiger partial charge in [0.25, 0.3) is 10.0 Å². The minimum absolute atomic E-state index is 0.336. The van der Waals surface area contributed by atoms with Crippen molar-refractivity contribution in [1.29, 1.82) is 0 Å². The van der Waals surface area contributed by atoms with Gasteiger partial charge in [-0.15, -0.1) is 0 Å². The number of unbranched alkanes of at least 4 members (excludes halogenated alkanes) is 1.